The summed E-state index contributed by atoms with van der Waals surface area (Å²) in [5.41, 5.74) is 6.73. The van der Waals surface area contributed by atoms with Crippen LogP contribution < -0.4 is 5.73 Å². The van der Waals surface area contributed by atoms with Crippen molar-refractivity contribution < 1.29 is 9.50 Å². The average molecular weight is 211 g/mol. The molecule has 1 atom stereocenters. The lowest BCUT2D eigenvalue weighted by Gasteiger charge is -2.19. The van der Waals surface area contributed by atoms with Gasteiger partial charge in [0.2, 0.25) is 0 Å². The molecular formula is C12H18FNO. The van der Waals surface area contributed by atoms with Crippen molar-refractivity contribution in [1.82, 2.24) is 0 Å². The molecule has 0 saturated carbocycles. The first-order chi connectivity index (χ1) is 6.79. The largest absolute Gasteiger partial charge is 0.508 e. The van der Waals surface area contributed by atoms with Gasteiger partial charge in [-0.2, -0.15) is 0 Å². The predicted molar refractivity (Wildman–Crippen MR) is 59.6 cm³/mol. The van der Waals surface area contributed by atoms with Crippen LogP contribution in [-0.4, -0.2) is 10.6 Å². The molecule has 0 radical (unpaired) electrons. The molecule has 3 heteroatoms. The van der Waals surface area contributed by atoms with Crippen molar-refractivity contribution in [3.63, 3.8) is 0 Å². The van der Waals surface area contributed by atoms with Gasteiger partial charge in [0.05, 0.1) is 0 Å². The number of halogens is 1. The van der Waals surface area contributed by atoms with Gasteiger partial charge in [0.15, 0.2) is 0 Å². The van der Waals surface area contributed by atoms with Crippen molar-refractivity contribution in [3.05, 3.63) is 29.3 Å². The van der Waals surface area contributed by atoms with Crippen molar-refractivity contribution in [2.45, 2.75) is 38.9 Å². The molecular weight excluding hydrogens is 193 g/mol. The Balaban J connectivity index is 3.01. The summed E-state index contributed by atoms with van der Waals surface area (Å²) in [5, 5.41) is 9.60. The SMILES string of the molecule is CC(F)c1ccc(O)c(CC(C)(C)N)c1. The Bertz CT molecular complexity index is 342. The van der Waals surface area contributed by atoms with E-state index in [4.69, 9.17) is 5.73 Å². The molecule has 0 spiro atoms. The number of alkyl halides is 1. The van der Waals surface area contributed by atoms with Crippen LogP contribution in [0.2, 0.25) is 0 Å². The minimum atomic E-state index is -1.02. The van der Waals surface area contributed by atoms with Crippen molar-refractivity contribution >= 4 is 0 Å². The zero-order valence-electron chi connectivity index (χ0n) is 9.42. The molecule has 1 unspecified atom stereocenters. The highest BCUT2D eigenvalue weighted by Crippen LogP contribution is 2.26. The lowest BCUT2D eigenvalue weighted by atomic mass is 9.94. The van der Waals surface area contributed by atoms with E-state index in [9.17, 15) is 9.50 Å². The summed E-state index contributed by atoms with van der Waals surface area (Å²) in [4.78, 5) is 0. The first kappa shape index (κ1) is 12.0. The van der Waals surface area contributed by atoms with Crippen LogP contribution in [0.15, 0.2) is 18.2 Å². The molecule has 0 bridgehead atoms. The van der Waals surface area contributed by atoms with Crippen molar-refractivity contribution in [3.8, 4) is 5.75 Å². The lowest BCUT2D eigenvalue weighted by molar-refractivity contribution is 0.372. The first-order valence-corrected chi connectivity index (χ1v) is 5.04. The number of benzene rings is 1. The van der Waals surface area contributed by atoms with Gasteiger partial charge >= 0.3 is 0 Å². The van der Waals surface area contributed by atoms with E-state index < -0.39 is 11.7 Å². The summed E-state index contributed by atoms with van der Waals surface area (Å²) >= 11 is 0. The van der Waals surface area contributed by atoms with Crippen LogP contribution in [0.4, 0.5) is 4.39 Å². The maximum atomic E-state index is 13.1. The van der Waals surface area contributed by atoms with Gasteiger partial charge in [0, 0.05) is 5.54 Å². The van der Waals surface area contributed by atoms with E-state index in [1.807, 2.05) is 13.8 Å². The van der Waals surface area contributed by atoms with Crippen molar-refractivity contribution in [2.75, 3.05) is 0 Å². The standard InChI is InChI=1S/C12H18FNO/c1-8(13)9-4-5-11(15)10(6-9)7-12(2,3)14/h4-6,8,15H,7,14H2,1-3H3. The van der Waals surface area contributed by atoms with Gasteiger partial charge < -0.3 is 10.8 Å². The molecule has 1 aromatic carbocycles. The second-order valence-corrected chi connectivity index (χ2v) is 4.67. The smallest absolute Gasteiger partial charge is 0.122 e. The van der Waals surface area contributed by atoms with E-state index in [2.05, 4.69) is 0 Å². The minimum absolute atomic E-state index is 0.179. The van der Waals surface area contributed by atoms with Crippen molar-refractivity contribution in [2.24, 2.45) is 5.73 Å². The summed E-state index contributed by atoms with van der Waals surface area (Å²) in [6, 6.07) is 4.79. The molecule has 84 valence electrons. The Morgan fingerprint density at radius 2 is 2.07 bits per heavy atom. The Kier molecular flexibility index (Phi) is 3.35. The third kappa shape index (κ3) is 3.51. The quantitative estimate of drug-likeness (QED) is 0.807. The number of rotatable bonds is 3. The van der Waals surface area contributed by atoms with Gasteiger partial charge in [-0.1, -0.05) is 6.07 Å². The highest BCUT2D eigenvalue weighted by molar-refractivity contribution is 5.37. The molecule has 2 nitrogen and oxygen atoms in total. The molecule has 1 aromatic rings. The zero-order valence-corrected chi connectivity index (χ0v) is 9.42. The zero-order chi connectivity index (χ0) is 11.6. The van der Waals surface area contributed by atoms with Gasteiger partial charge in [0.1, 0.15) is 11.9 Å². The van der Waals surface area contributed by atoms with Crippen LogP contribution in [0.25, 0.3) is 0 Å². The third-order valence-corrected chi connectivity index (χ3v) is 2.21. The monoisotopic (exact) mass is 211 g/mol. The van der Waals surface area contributed by atoms with Gasteiger partial charge in [-0.05, 0) is 50.5 Å². The number of hydrogen-bond donors (Lipinski definition) is 2. The predicted octanol–water partition coefficient (Wildman–Crippen LogP) is 2.70. The van der Waals surface area contributed by atoms with E-state index in [0.29, 0.717) is 17.5 Å². The van der Waals surface area contributed by atoms with Crippen LogP contribution in [0.1, 0.15) is 38.1 Å². The Labute approximate surface area is 89.9 Å². The molecule has 0 aliphatic rings. The number of hydrogen-bond acceptors (Lipinski definition) is 2. The van der Waals surface area contributed by atoms with Crippen LogP contribution in [0, 0.1) is 0 Å². The fourth-order valence-corrected chi connectivity index (χ4v) is 1.49. The van der Waals surface area contributed by atoms with E-state index in [1.54, 1.807) is 12.1 Å². The molecule has 0 aromatic heterocycles. The Morgan fingerprint density at radius 3 is 2.53 bits per heavy atom. The molecule has 0 fully saturated rings. The van der Waals surface area contributed by atoms with Gasteiger partial charge in [-0.25, -0.2) is 4.39 Å². The molecule has 0 aliphatic carbocycles. The summed E-state index contributed by atoms with van der Waals surface area (Å²) < 4.78 is 13.1. The molecule has 3 N–H and O–H groups in total. The van der Waals surface area contributed by atoms with E-state index in [-0.39, 0.29) is 5.75 Å². The highest BCUT2D eigenvalue weighted by Gasteiger charge is 2.15. The Hall–Kier alpha value is -1.09. The Morgan fingerprint density at radius 1 is 1.47 bits per heavy atom. The second-order valence-electron chi connectivity index (χ2n) is 4.67. The first-order valence-electron chi connectivity index (χ1n) is 5.04. The summed E-state index contributed by atoms with van der Waals surface area (Å²) in [6.45, 7) is 5.22. The van der Waals surface area contributed by atoms with Crippen LogP contribution in [-0.2, 0) is 6.42 Å². The molecule has 15 heavy (non-hydrogen) atoms. The van der Waals surface area contributed by atoms with Crippen molar-refractivity contribution in [1.29, 1.82) is 0 Å². The second kappa shape index (κ2) is 4.19. The summed E-state index contributed by atoms with van der Waals surface area (Å²) in [5.74, 6) is 0.179. The maximum Gasteiger partial charge on any atom is 0.122 e. The highest BCUT2D eigenvalue weighted by atomic mass is 19.1. The lowest BCUT2D eigenvalue weighted by Crippen LogP contribution is -2.34. The number of phenols is 1. The summed E-state index contributed by atoms with van der Waals surface area (Å²) in [7, 11) is 0. The van der Waals surface area contributed by atoms with Gasteiger partial charge in [0.25, 0.3) is 0 Å². The third-order valence-electron chi connectivity index (χ3n) is 2.21. The summed E-state index contributed by atoms with van der Waals surface area (Å²) in [6.07, 6.45) is -0.496. The maximum absolute atomic E-state index is 13.1. The molecule has 0 saturated heterocycles. The minimum Gasteiger partial charge on any atom is -0.508 e. The normalized spacial score (nSPS) is 13.9. The van der Waals surface area contributed by atoms with Gasteiger partial charge in [-0.3, -0.25) is 0 Å². The molecule has 0 amide bonds. The number of phenolic OH excluding ortho intramolecular Hbond substituents is 1. The fraction of sp³-hybridized carbons (Fsp3) is 0.500. The fourth-order valence-electron chi connectivity index (χ4n) is 1.49. The van der Waals surface area contributed by atoms with E-state index in [1.165, 1.54) is 13.0 Å². The molecule has 0 aliphatic heterocycles. The van der Waals surface area contributed by atoms with Crippen LogP contribution >= 0.6 is 0 Å². The number of nitrogens with two attached hydrogens (primary N) is 1. The van der Waals surface area contributed by atoms with Crippen LogP contribution in [0.5, 0.6) is 5.75 Å². The van der Waals surface area contributed by atoms with E-state index >= 15 is 0 Å². The number of aromatic hydroxyl groups is 1. The topological polar surface area (TPSA) is 46.2 Å². The average Bonchev–Trinajstić information content (AvgIpc) is 2.06. The van der Waals surface area contributed by atoms with E-state index in [0.717, 1.165) is 0 Å². The molecule has 0 heterocycles. The van der Waals surface area contributed by atoms with Gasteiger partial charge in [-0.15, -0.1) is 0 Å². The molecule has 1 rings (SSSR count). The van der Waals surface area contributed by atoms with Crippen LogP contribution in [0.3, 0.4) is 0 Å².